The molecule has 0 aromatic heterocycles. The van der Waals surface area contributed by atoms with E-state index in [2.05, 4.69) is 35.1 Å². The van der Waals surface area contributed by atoms with E-state index in [-0.39, 0.29) is 47.5 Å². The summed E-state index contributed by atoms with van der Waals surface area (Å²) in [5, 5.41) is 13.0. The number of unbranched alkanes of at least 4 members (excludes halogenated alkanes) is 2. The summed E-state index contributed by atoms with van der Waals surface area (Å²) in [5.74, 6) is -0.0880. The van der Waals surface area contributed by atoms with Crippen molar-refractivity contribution in [2.75, 3.05) is 6.54 Å². The number of nitrogens with one attached hydrogen (secondary N) is 4. The molecule has 4 N–H and O–H groups in total. The zero-order valence-electron chi connectivity index (χ0n) is 20.1. The van der Waals surface area contributed by atoms with Gasteiger partial charge in [0.2, 0.25) is 5.91 Å². The van der Waals surface area contributed by atoms with Gasteiger partial charge in [0.05, 0.1) is 17.5 Å². The highest BCUT2D eigenvalue weighted by molar-refractivity contribution is 8.00. The number of thioether (sulfide) groups is 1. The van der Waals surface area contributed by atoms with Crippen molar-refractivity contribution in [2.24, 2.45) is 0 Å². The molecular weight excluding hydrogens is 428 g/mol. The van der Waals surface area contributed by atoms with E-state index in [0.717, 1.165) is 44.9 Å². The van der Waals surface area contributed by atoms with Gasteiger partial charge in [-0.1, -0.05) is 13.3 Å². The van der Waals surface area contributed by atoms with Crippen LogP contribution < -0.4 is 21.3 Å². The van der Waals surface area contributed by atoms with Gasteiger partial charge in [0.1, 0.15) is 6.04 Å². The quantitative estimate of drug-likeness (QED) is 0.216. The predicted molar refractivity (Wildman–Crippen MR) is 128 cm³/mol. The van der Waals surface area contributed by atoms with Crippen LogP contribution in [0, 0.1) is 0 Å². The third-order valence-corrected chi connectivity index (χ3v) is 7.52. The van der Waals surface area contributed by atoms with E-state index in [0.29, 0.717) is 24.6 Å². The number of ether oxygens (including phenoxy) is 1. The molecule has 0 aromatic rings. The second-order valence-corrected chi connectivity index (χ2v) is 10.7. The van der Waals surface area contributed by atoms with Gasteiger partial charge >= 0.3 is 12.0 Å². The van der Waals surface area contributed by atoms with Crippen molar-refractivity contribution in [1.82, 2.24) is 21.3 Å². The zero-order valence-corrected chi connectivity index (χ0v) is 20.9. The highest BCUT2D eigenvalue weighted by Gasteiger charge is 2.40. The van der Waals surface area contributed by atoms with Crippen LogP contribution in [0.15, 0.2) is 0 Å². The van der Waals surface area contributed by atoms with Crippen molar-refractivity contribution in [2.45, 2.75) is 120 Å². The molecule has 0 saturated carbocycles. The lowest BCUT2D eigenvalue weighted by atomic mass is 10.1. The van der Waals surface area contributed by atoms with Gasteiger partial charge in [-0.15, -0.1) is 11.8 Å². The van der Waals surface area contributed by atoms with Gasteiger partial charge < -0.3 is 26.0 Å². The Morgan fingerprint density at radius 1 is 1.16 bits per heavy atom. The topological polar surface area (TPSA) is 109 Å². The highest BCUT2D eigenvalue weighted by Crippen LogP contribution is 2.37. The molecule has 8 nitrogen and oxygen atoms in total. The fourth-order valence-electron chi connectivity index (χ4n) is 4.05. The third kappa shape index (κ3) is 9.57. The molecule has 3 amide bonds. The minimum atomic E-state index is -0.292. The van der Waals surface area contributed by atoms with Crippen molar-refractivity contribution < 1.29 is 19.1 Å². The number of carbonyl (C=O) groups is 3. The van der Waals surface area contributed by atoms with Crippen LogP contribution >= 0.6 is 11.8 Å². The van der Waals surface area contributed by atoms with E-state index in [4.69, 9.17) is 4.74 Å². The molecule has 0 aliphatic carbocycles. The number of carbonyl (C=O) groups excluding carboxylic acids is 3. The molecule has 5 atom stereocenters. The fraction of sp³-hybridized carbons (Fsp3) is 0.870. The molecule has 2 fully saturated rings. The van der Waals surface area contributed by atoms with Gasteiger partial charge in [0, 0.05) is 24.3 Å². The number of esters is 1. The second-order valence-electron chi connectivity index (χ2n) is 9.24. The Morgan fingerprint density at radius 3 is 2.62 bits per heavy atom. The molecule has 2 aliphatic heterocycles. The van der Waals surface area contributed by atoms with E-state index in [9.17, 15) is 14.4 Å². The van der Waals surface area contributed by atoms with E-state index in [1.54, 1.807) is 0 Å². The van der Waals surface area contributed by atoms with Crippen LogP contribution in [0.4, 0.5) is 4.79 Å². The summed E-state index contributed by atoms with van der Waals surface area (Å²) in [7, 11) is 0. The minimum absolute atomic E-state index is 0.0552. The highest BCUT2D eigenvalue weighted by atomic mass is 32.2. The Balaban J connectivity index is 1.51. The molecule has 9 heteroatoms. The SMILES string of the molecule is CCC(C)NC(CCCCNC(=O)CCCCC1C[C@H]2NC(=O)N[C@H]2S1)C(=O)OC(C)C. The molecule has 0 spiro atoms. The Labute approximate surface area is 197 Å². The standard InChI is InChI=1S/C23H42N4O4S/c1-5-16(4)25-18(22(29)31-15(2)3)11-8-9-13-24-20(28)12-7-6-10-17-14-19-21(32-17)27-23(30)26-19/h15-19,21,25H,5-14H2,1-4H3,(H,24,28)(H2,26,27,30)/t16?,17?,18?,19-,21+/m1/s1. The molecule has 32 heavy (non-hydrogen) atoms. The largest absolute Gasteiger partial charge is 0.462 e. The summed E-state index contributed by atoms with van der Waals surface area (Å²) in [4.78, 5) is 35.7. The van der Waals surface area contributed by atoms with Crippen LogP contribution in [0.5, 0.6) is 0 Å². The van der Waals surface area contributed by atoms with Crippen molar-refractivity contribution in [3.05, 3.63) is 0 Å². The molecule has 184 valence electrons. The first-order chi connectivity index (χ1) is 15.3. The molecule has 2 aliphatic rings. The first-order valence-corrected chi connectivity index (χ1v) is 13.2. The van der Waals surface area contributed by atoms with Gasteiger partial charge in [-0.05, 0) is 65.7 Å². The average molecular weight is 471 g/mol. The van der Waals surface area contributed by atoms with Crippen LogP contribution in [0.3, 0.4) is 0 Å². The van der Waals surface area contributed by atoms with Crippen LogP contribution in [-0.4, -0.2) is 59.3 Å². The van der Waals surface area contributed by atoms with E-state index >= 15 is 0 Å². The van der Waals surface area contributed by atoms with Gasteiger partial charge in [0.15, 0.2) is 0 Å². The molecule has 2 saturated heterocycles. The van der Waals surface area contributed by atoms with Crippen molar-refractivity contribution >= 4 is 29.7 Å². The average Bonchev–Trinajstić information content (AvgIpc) is 3.26. The molecular formula is C23H42N4O4S. The normalized spacial score (nSPS) is 23.9. The minimum Gasteiger partial charge on any atom is -0.462 e. The number of amides is 3. The summed E-state index contributed by atoms with van der Waals surface area (Å²) in [5.41, 5.74) is 0. The Morgan fingerprint density at radius 2 is 1.94 bits per heavy atom. The molecule has 0 bridgehead atoms. The summed E-state index contributed by atoms with van der Waals surface area (Å²) < 4.78 is 5.38. The molecule has 0 aromatic carbocycles. The Kier molecular flexibility index (Phi) is 11.7. The molecule has 2 rings (SSSR count). The van der Waals surface area contributed by atoms with Gasteiger partial charge in [-0.25, -0.2) is 4.79 Å². The summed E-state index contributed by atoms with van der Waals surface area (Å²) in [6.45, 7) is 8.53. The van der Waals surface area contributed by atoms with Gasteiger partial charge in [-0.3, -0.25) is 9.59 Å². The maximum Gasteiger partial charge on any atom is 0.323 e. The van der Waals surface area contributed by atoms with E-state index in [1.165, 1.54) is 0 Å². The second kappa shape index (κ2) is 13.9. The van der Waals surface area contributed by atoms with Crippen molar-refractivity contribution in [3.8, 4) is 0 Å². The lowest BCUT2D eigenvalue weighted by Crippen LogP contribution is -2.43. The maximum atomic E-state index is 12.3. The van der Waals surface area contributed by atoms with Gasteiger partial charge in [0.25, 0.3) is 0 Å². The van der Waals surface area contributed by atoms with E-state index < -0.39 is 0 Å². The van der Waals surface area contributed by atoms with Crippen LogP contribution in [-0.2, 0) is 14.3 Å². The zero-order chi connectivity index (χ0) is 23.5. The maximum absolute atomic E-state index is 12.3. The number of rotatable bonds is 15. The first-order valence-electron chi connectivity index (χ1n) is 12.2. The van der Waals surface area contributed by atoms with Crippen molar-refractivity contribution in [3.63, 3.8) is 0 Å². The lowest BCUT2D eigenvalue weighted by molar-refractivity contribution is -0.150. The number of fused-ring (bicyclic) bond motifs is 1. The van der Waals surface area contributed by atoms with Crippen LogP contribution in [0.25, 0.3) is 0 Å². The molecule has 0 radical (unpaired) electrons. The summed E-state index contributed by atoms with van der Waals surface area (Å²) in [6.07, 6.45) is 7.81. The lowest BCUT2D eigenvalue weighted by Gasteiger charge is -2.22. The Bertz CT molecular complexity index is 603. The van der Waals surface area contributed by atoms with E-state index in [1.807, 2.05) is 25.6 Å². The van der Waals surface area contributed by atoms with Crippen LogP contribution in [0.2, 0.25) is 0 Å². The van der Waals surface area contributed by atoms with Gasteiger partial charge in [-0.2, -0.15) is 0 Å². The summed E-state index contributed by atoms with van der Waals surface area (Å²) >= 11 is 1.84. The Hall–Kier alpha value is -1.48. The van der Waals surface area contributed by atoms with Crippen LogP contribution in [0.1, 0.15) is 85.5 Å². The predicted octanol–water partition coefficient (Wildman–Crippen LogP) is 3.05. The monoisotopic (exact) mass is 470 g/mol. The number of hydrogen-bond donors (Lipinski definition) is 4. The fourth-order valence-corrected chi connectivity index (χ4v) is 5.63. The smallest absolute Gasteiger partial charge is 0.323 e. The molecule has 3 unspecified atom stereocenters. The number of urea groups is 1. The molecule has 2 heterocycles. The first kappa shape index (κ1) is 26.8. The summed E-state index contributed by atoms with van der Waals surface area (Å²) in [6, 6.07) is 0.171. The third-order valence-electron chi connectivity index (χ3n) is 5.97. The number of hydrogen-bond acceptors (Lipinski definition) is 6. The van der Waals surface area contributed by atoms with Crippen molar-refractivity contribution in [1.29, 1.82) is 0 Å².